The van der Waals surface area contributed by atoms with Crippen molar-refractivity contribution in [1.82, 2.24) is 5.32 Å². The highest BCUT2D eigenvalue weighted by molar-refractivity contribution is 5.97. The number of ketones is 1. The molecule has 1 aliphatic heterocycles. The van der Waals surface area contributed by atoms with Crippen LogP contribution in [0.5, 0.6) is 0 Å². The van der Waals surface area contributed by atoms with Gasteiger partial charge in [0.05, 0.1) is 41.7 Å². The van der Waals surface area contributed by atoms with Gasteiger partial charge in [0.15, 0.2) is 17.5 Å². The molecule has 3 fully saturated rings. The fraction of sp³-hybridized carbons (Fsp3) is 0.556. The van der Waals surface area contributed by atoms with E-state index in [2.05, 4.69) is 5.32 Å². The first-order valence-electron chi connectivity index (χ1n) is 20.0. The van der Waals surface area contributed by atoms with Gasteiger partial charge in [0.2, 0.25) is 0 Å². The van der Waals surface area contributed by atoms with Crippen molar-refractivity contribution >= 4 is 29.8 Å². The Kier molecular flexibility index (Phi) is 13.1. The maximum absolute atomic E-state index is 14.8. The summed E-state index contributed by atoms with van der Waals surface area (Å²) in [6.07, 6.45) is -7.20. The topological polar surface area (TPSA) is 228 Å². The lowest BCUT2D eigenvalue weighted by molar-refractivity contribution is -0.344. The summed E-state index contributed by atoms with van der Waals surface area (Å²) in [5.41, 5.74) is -7.00. The molecule has 2 aromatic carbocycles. The van der Waals surface area contributed by atoms with Crippen molar-refractivity contribution in [3.8, 4) is 6.07 Å². The first kappa shape index (κ1) is 45.9. The molecule has 0 aromatic heterocycles. The summed E-state index contributed by atoms with van der Waals surface area (Å²) in [4.78, 5) is 68.7. The number of amides is 1. The summed E-state index contributed by atoms with van der Waals surface area (Å²) >= 11 is 0. The third-order valence-electron chi connectivity index (χ3n) is 12.5. The van der Waals surface area contributed by atoms with Crippen LogP contribution in [0.4, 0.5) is 4.79 Å². The minimum Gasteiger partial charge on any atom is -0.460 e. The maximum Gasteiger partial charge on any atom is 0.408 e. The van der Waals surface area contributed by atoms with Gasteiger partial charge >= 0.3 is 24.0 Å². The van der Waals surface area contributed by atoms with Crippen LogP contribution in [-0.2, 0) is 38.1 Å². The number of hydrogen-bond donors (Lipinski definition) is 4. The fourth-order valence-corrected chi connectivity index (χ4v) is 9.38. The van der Waals surface area contributed by atoms with Crippen LogP contribution in [0.2, 0.25) is 0 Å². The summed E-state index contributed by atoms with van der Waals surface area (Å²) in [6, 6.07) is 16.7. The molecule has 0 radical (unpaired) electrons. The van der Waals surface area contributed by atoms with Crippen molar-refractivity contribution in [3.05, 3.63) is 83.4 Å². The van der Waals surface area contributed by atoms with E-state index in [9.17, 15) is 39.3 Å². The summed E-state index contributed by atoms with van der Waals surface area (Å²) in [5.74, 6) is -5.42. The molecule has 4 N–H and O–H groups in total. The number of nitrogens with one attached hydrogen (secondary N) is 1. The van der Waals surface area contributed by atoms with Crippen LogP contribution in [0.15, 0.2) is 72.3 Å². The zero-order chi connectivity index (χ0) is 44.6. The number of nitrogens with zero attached hydrogens (tertiary/aromatic N) is 1. The molecule has 15 heteroatoms. The monoisotopic (exact) mass is 832 g/mol. The maximum atomic E-state index is 14.8. The number of aliphatic hydroxyl groups is 3. The van der Waals surface area contributed by atoms with Crippen LogP contribution in [0, 0.1) is 34.0 Å². The van der Waals surface area contributed by atoms with Gasteiger partial charge in [-0.1, -0.05) is 74.9 Å². The summed E-state index contributed by atoms with van der Waals surface area (Å²) < 4.78 is 29.7. The van der Waals surface area contributed by atoms with Crippen molar-refractivity contribution in [3.63, 3.8) is 0 Å². The molecule has 1 amide bonds. The predicted molar refractivity (Wildman–Crippen MR) is 213 cm³/mol. The second kappa shape index (κ2) is 17.1. The van der Waals surface area contributed by atoms with Gasteiger partial charge in [-0.05, 0) is 51.5 Å². The molecule has 11 atom stereocenters. The van der Waals surface area contributed by atoms with Gasteiger partial charge in [-0.15, -0.1) is 0 Å². The molecule has 3 aliphatic carbocycles. The largest absolute Gasteiger partial charge is 0.460 e. The number of fused-ring (bicyclic) bond motifs is 5. The minimum atomic E-state index is -2.18. The first-order valence-corrected chi connectivity index (χ1v) is 20.0. The number of carbonyl (C=O) groups is 5. The molecule has 6 rings (SSSR count). The Bertz CT molecular complexity index is 2020. The Labute approximate surface area is 350 Å². The molecule has 2 saturated carbocycles. The van der Waals surface area contributed by atoms with Crippen LogP contribution in [-0.4, -0.2) is 99.0 Å². The van der Waals surface area contributed by atoms with Crippen LogP contribution in [0.3, 0.4) is 0 Å². The Morgan fingerprint density at radius 3 is 2.12 bits per heavy atom. The summed E-state index contributed by atoms with van der Waals surface area (Å²) in [7, 11) is 0. The Hall–Kier alpha value is -5.14. The predicted octanol–water partition coefficient (Wildman–Crippen LogP) is 4.67. The number of nitriles is 1. The van der Waals surface area contributed by atoms with E-state index in [1.807, 2.05) is 0 Å². The molecule has 2 bridgehead atoms. The number of ether oxygens (including phenoxy) is 5. The molecule has 1 heterocycles. The molecule has 0 unspecified atom stereocenters. The fourth-order valence-electron chi connectivity index (χ4n) is 9.38. The zero-order valence-electron chi connectivity index (χ0n) is 35.5. The lowest BCUT2D eigenvalue weighted by Gasteiger charge is -2.67. The number of rotatable bonds is 8. The second-order valence-electron chi connectivity index (χ2n) is 17.7. The SMILES string of the molecule is CC#N.CC(=O)O[C@@]12CO[C@@H]1C[C@H](O)[C@@]1(C)C(=O)/C=C3/[C@@H](C)[C@@H](OC(=O)[C@H](O)[C@@H](NC(=O)OC(C)(C)C)c4ccccc4)C[C@@](O)([C@@H](OC(=O)c4ccccc4)[C@H]21)C3(C)C. The van der Waals surface area contributed by atoms with Gasteiger partial charge in [0, 0.05) is 38.0 Å². The van der Waals surface area contributed by atoms with E-state index in [0.29, 0.717) is 11.1 Å². The van der Waals surface area contributed by atoms with E-state index in [-0.39, 0.29) is 18.6 Å². The average molecular weight is 833 g/mol. The first-order chi connectivity index (χ1) is 28.0. The lowest BCUT2D eigenvalue weighted by Crippen LogP contribution is -2.80. The number of alkyl carbamates (subject to hydrolysis) is 1. The normalized spacial score (nSPS) is 33.2. The van der Waals surface area contributed by atoms with Gasteiger partial charge < -0.3 is 44.3 Å². The average Bonchev–Trinajstić information content (AvgIpc) is 3.17. The van der Waals surface area contributed by atoms with E-state index >= 15 is 0 Å². The quantitative estimate of drug-likeness (QED) is 0.209. The molecule has 15 nitrogen and oxygen atoms in total. The zero-order valence-corrected chi connectivity index (χ0v) is 35.5. The van der Waals surface area contributed by atoms with Crippen LogP contribution < -0.4 is 5.32 Å². The highest BCUT2D eigenvalue weighted by atomic mass is 16.6. The molecular weight excluding hydrogens is 776 g/mol. The third-order valence-corrected chi connectivity index (χ3v) is 12.5. The Morgan fingerprint density at radius 2 is 1.58 bits per heavy atom. The molecule has 1 saturated heterocycles. The smallest absolute Gasteiger partial charge is 0.408 e. The van der Waals surface area contributed by atoms with Gasteiger partial charge in [-0.25, -0.2) is 14.4 Å². The number of benzene rings is 2. The van der Waals surface area contributed by atoms with E-state index in [0.717, 1.165) is 0 Å². The van der Waals surface area contributed by atoms with Crippen molar-refractivity contribution < 1.29 is 63.0 Å². The molecule has 324 valence electrons. The summed E-state index contributed by atoms with van der Waals surface area (Å²) in [5, 5.41) is 46.7. The third kappa shape index (κ3) is 8.30. The van der Waals surface area contributed by atoms with E-state index in [1.165, 1.54) is 39.0 Å². The van der Waals surface area contributed by atoms with Gasteiger partial charge in [-0.2, -0.15) is 5.26 Å². The van der Waals surface area contributed by atoms with E-state index < -0.39 is 112 Å². The highest BCUT2D eigenvalue weighted by Gasteiger charge is 2.77. The molecule has 60 heavy (non-hydrogen) atoms. The van der Waals surface area contributed by atoms with E-state index in [4.69, 9.17) is 28.9 Å². The number of carbonyl (C=O) groups excluding carboxylic acids is 5. The summed E-state index contributed by atoms with van der Waals surface area (Å²) in [6.45, 7) is 14.0. The minimum absolute atomic E-state index is 0.0794. The van der Waals surface area contributed by atoms with Crippen molar-refractivity contribution in [2.75, 3.05) is 6.61 Å². The van der Waals surface area contributed by atoms with Crippen molar-refractivity contribution in [1.29, 1.82) is 5.26 Å². The highest BCUT2D eigenvalue weighted by Crippen LogP contribution is 2.64. The van der Waals surface area contributed by atoms with Crippen molar-refractivity contribution in [2.24, 2.45) is 22.7 Å². The van der Waals surface area contributed by atoms with Gasteiger partial charge in [-0.3, -0.25) is 9.59 Å². The van der Waals surface area contributed by atoms with Crippen LogP contribution >= 0.6 is 0 Å². The second-order valence-corrected chi connectivity index (χ2v) is 17.7. The van der Waals surface area contributed by atoms with Gasteiger partial charge in [0.1, 0.15) is 29.5 Å². The molecule has 4 aliphatic rings. The van der Waals surface area contributed by atoms with Crippen LogP contribution in [0.1, 0.15) is 97.1 Å². The number of allylic oxidation sites excluding steroid dienone is 1. The van der Waals surface area contributed by atoms with Gasteiger partial charge in [0.25, 0.3) is 0 Å². The van der Waals surface area contributed by atoms with Crippen molar-refractivity contribution in [2.45, 2.75) is 129 Å². The number of aliphatic hydroxyl groups excluding tert-OH is 2. The van der Waals surface area contributed by atoms with E-state index in [1.54, 1.807) is 96.1 Å². The molecule has 2 aromatic rings. The van der Waals surface area contributed by atoms with Crippen LogP contribution in [0.25, 0.3) is 0 Å². The lowest BCUT2D eigenvalue weighted by atomic mass is 9.45. The standard InChI is InChI=1S/C43H53NO13.C2H3N/c1-23-27-19-29(46)41(8)30(47)20-31-42(22-53-31,56-24(2)45)34(41)35(55-36(49)26-17-13-10-14-18-26)43(52,40(27,6)7)21-28(23)54-37(50)33(48)32(25-15-11-9-12-16-25)44-38(51)57-39(3,4)5;1-2-3/h9-19,23,28,30-35,47-48,52H,20-22H2,1-8H3,(H,44,51);1H3/b27-19-;/t23-,28+,30+,31-,32+,33-,34+,35+,41-,42+,43-;/m1./s1. The Balaban J connectivity index is 0.00000221. The molecule has 0 spiro atoms. The molecular formula is C45H56N2O13. The number of hydrogen-bond acceptors (Lipinski definition) is 14. The number of esters is 3. The Morgan fingerprint density at radius 1 is 1.00 bits per heavy atom.